The van der Waals surface area contributed by atoms with E-state index in [1.54, 1.807) is 14.2 Å². The van der Waals surface area contributed by atoms with Gasteiger partial charge in [-0.2, -0.15) is 0 Å². The molecule has 0 spiro atoms. The van der Waals surface area contributed by atoms with Gasteiger partial charge in [0.15, 0.2) is 0 Å². The standard InChI is InChI=1S/C25H44N2O7/c1-7-32-22(28)18-10-12-19(13-11-18)33-25(26-14-8-9-15-26,23(29)34-24(2,3)4)27-16-20(30-5)21(17-27)31-6/h18-21H,7-17H2,1-6H3/t18?,19?,20-,21-,25?/m0/s1. The Bertz CT molecular complexity index is 671. The van der Waals surface area contributed by atoms with E-state index in [9.17, 15) is 9.59 Å². The van der Waals surface area contributed by atoms with Crippen LogP contribution < -0.4 is 0 Å². The average molecular weight is 485 g/mol. The molecule has 3 aliphatic rings. The highest BCUT2D eigenvalue weighted by Gasteiger charge is 2.58. The molecule has 9 nitrogen and oxygen atoms in total. The van der Waals surface area contributed by atoms with Gasteiger partial charge in [0.25, 0.3) is 5.85 Å². The topological polar surface area (TPSA) is 86.8 Å². The fourth-order valence-electron chi connectivity index (χ4n) is 5.37. The predicted molar refractivity (Wildman–Crippen MR) is 126 cm³/mol. The SMILES string of the molecule is CCOC(=O)C1CCC(OC(C(=O)OC(C)(C)C)(N2CCCC2)N2C[C@H](OC)[C@@H](OC)C2)CC1. The van der Waals surface area contributed by atoms with Crippen LogP contribution in [0.25, 0.3) is 0 Å². The number of nitrogens with zero attached hydrogens (tertiary/aromatic N) is 2. The minimum Gasteiger partial charge on any atom is -0.466 e. The van der Waals surface area contributed by atoms with Crippen LogP contribution in [0.4, 0.5) is 0 Å². The molecule has 196 valence electrons. The van der Waals surface area contributed by atoms with Crippen molar-refractivity contribution >= 4 is 11.9 Å². The summed E-state index contributed by atoms with van der Waals surface area (Å²) in [6, 6.07) is 0. The monoisotopic (exact) mass is 484 g/mol. The van der Waals surface area contributed by atoms with E-state index in [2.05, 4.69) is 4.90 Å². The Hall–Kier alpha value is -1.26. The number of rotatable bonds is 9. The van der Waals surface area contributed by atoms with Crippen LogP contribution in [0.1, 0.15) is 66.2 Å². The zero-order chi connectivity index (χ0) is 24.9. The van der Waals surface area contributed by atoms with Crippen LogP contribution in [0, 0.1) is 5.92 Å². The largest absolute Gasteiger partial charge is 0.466 e. The van der Waals surface area contributed by atoms with Gasteiger partial charge in [-0.05, 0) is 66.2 Å². The third-order valence-corrected chi connectivity index (χ3v) is 7.07. The lowest BCUT2D eigenvalue weighted by atomic mass is 9.87. The first-order chi connectivity index (χ1) is 16.1. The summed E-state index contributed by atoms with van der Waals surface area (Å²) >= 11 is 0. The molecule has 0 aromatic heterocycles. The number of ether oxygens (including phenoxy) is 5. The molecular formula is C25H44N2O7. The van der Waals surface area contributed by atoms with E-state index in [0.717, 1.165) is 25.9 Å². The summed E-state index contributed by atoms with van der Waals surface area (Å²) in [4.78, 5) is 30.4. The van der Waals surface area contributed by atoms with E-state index in [4.69, 9.17) is 23.7 Å². The molecular weight excluding hydrogens is 440 g/mol. The fraction of sp³-hybridized carbons (Fsp3) is 0.920. The van der Waals surface area contributed by atoms with Gasteiger partial charge in [-0.25, -0.2) is 9.69 Å². The van der Waals surface area contributed by atoms with E-state index in [0.29, 0.717) is 45.4 Å². The number of likely N-dealkylation sites (tertiary alicyclic amines) is 2. The van der Waals surface area contributed by atoms with Gasteiger partial charge in [0.05, 0.1) is 30.8 Å². The Morgan fingerprint density at radius 1 is 0.882 bits per heavy atom. The number of carbonyl (C=O) groups is 2. The molecule has 0 bridgehead atoms. The highest BCUT2D eigenvalue weighted by Crippen LogP contribution is 2.38. The number of hydrogen-bond acceptors (Lipinski definition) is 9. The van der Waals surface area contributed by atoms with Crippen molar-refractivity contribution in [1.29, 1.82) is 0 Å². The smallest absolute Gasteiger partial charge is 0.371 e. The quantitative estimate of drug-likeness (QED) is 0.458. The minimum atomic E-state index is -1.35. The molecule has 0 amide bonds. The number of hydrogen-bond donors (Lipinski definition) is 0. The van der Waals surface area contributed by atoms with Crippen molar-refractivity contribution in [1.82, 2.24) is 9.80 Å². The van der Waals surface area contributed by atoms with Gasteiger partial charge in [-0.1, -0.05) is 0 Å². The van der Waals surface area contributed by atoms with Crippen molar-refractivity contribution < 1.29 is 33.3 Å². The molecule has 2 aliphatic heterocycles. The summed E-state index contributed by atoms with van der Waals surface area (Å²) in [6.45, 7) is 10.4. The Morgan fingerprint density at radius 3 is 1.91 bits per heavy atom. The maximum atomic E-state index is 14.0. The Kier molecular flexibility index (Phi) is 9.36. The Labute approximate surface area is 204 Å². The molecule has 0 N–H and O–H groups in total. The van der Waals surface area contributed by atoms with Gasteiger partial charge >= 0.3 is 11.9 Å². The predicted octanol–water partition coefficient (Wildman–Crippen LogP) is 2.56. The highest BCUT2D eigenvalue weighted by molar-refractivity contribution is 5.79. The lowest BCUT2D eigenvalue weighted by Gasteiger charge is -2.48. The highest BCUT2D eigenvalue weighted by atomic mass is 16.6. The molecule has 34 heavy (non-hydrogen) atoms. The van der Waals surface area contributed by atoms with Crippen LogP contribution in [-0.2, 0) is 33.3 Å². The van der Waals surface area contributed by atoms with Crippen LogP contribution in [0.5, 0.6) is 0 Å². The first-order valence-electron chi connectivity index (χ1n) is 12.8. The van der Waals surface area contributed by atoms with Crippen LogP contribution in [-0.4, -0.2) is 98.5 Å². The molecule has 0 radical (unpaired) electrons. The van der Waals surface area contributed by atoms with Gasteiger partial charge in [0.1, 0.15) is 5.60 Å². The second kappa shape index (κ2) is 11.6. The first kappa shape index (κ1) is 27.3. The molecule has 0 aromatic rings. The van der Waals surface area contributed by atoms with Gasteiger partial charge in [-0.3, -0.25) is 9.69 Å². The molecule has 3 fully saturated rings. The normalized spacial score (nSPS) is 30.8. The molecule has 2 heterocycles. The summed E-state index contributed by atoms with van der Waals surface area (Å²) in [5, 5.41) is 0. The number of esters is 2. The maximum Gasteiger partial charge on any atom is 0.371 e. The van der Waals surface area contributed by atoms with E-state index >= 15 is 0 Å². The lowest BCUT2D eigenvalue weighted by Crippen LogP contribution is -2.68. The molecule has 1 aliphatic carbocycles. The molecule has 3 atom stereocenters. The molecule has 1 saturated carbocycles. The average Bonchev–Trinajstić information content (AvgIpc) is 3.47. The van der Waals surface area contributed by atoms with Crippen molar-refractivity contribution in [3.05, 3.63) is 0 Å². The summed E-state index contributed by atoms with van der Waals surface area (Å²) < 4.78 is 29.4. The second-order valence-corrected chi connectivity index (χ2v) is 10.6. The summed E-state index contributed by atoms with van der Waals surface area (Å²) in [7, 11) is 3.34. The van der Waals surface area contributed by atoms with E-state index < -0.39 is 11.4 Å². The summed E-state index contributed by atoms with van der Waals surface area (Å²) in [5.74, 6) is -1.98. The second-order valence-electron chi connectivity index (χ2n) is 10.6. The fourth-order valence-corrected chi connectivity index (χ4v) is 5.37. The van der Waals surface area contributed by atoms with E-state index in [1.165, 1.54) is 0 Å². The third kappa shape index (κ3) is 6.10. The zero-order valence-corrected chi connectivity index (χ0v) is 21.8. The van der Waals surface area contributed by atoms with Gasteiger partial charge < -0.3 is 23.7 Å². The van der Waals surface area contributed by atoms with Gasteiger partial charge in [-0.15, -0.1) is 0 Å². The number of methoxy groups -OCH3 is 2. The third-order valence-electron chi connectivity index (χ3n) is 7.07. The lowest BCUT2D eigenvalue weighted by molar-refractivity contribution is -0.275. The van der Waals surface area contributed by atoms with Crippen molar-refractivity contribution in [2.24, 2.45) is 5.92 Å². The van der Waals surface area contributed by atoms with Crippen LogP contribution in [0.15, 0.2) is 0 Å². The van der Waals surface area contributed by atoms with Crippen molar-refractivity contribution in [3.63, 3.8) is 0 Å². The zero-order valence-electron chi connectivity index (χ0n) is 21.8. The molecule has 2 saturated heterocycles. The Balaban J connectivity index is 1.89. The summed E-state index contributed by atoms with van der Waals surface area (Å²) in [6.07, 6.45) is 4.26. The molecule has 9 heteroatoms. The summed E-state index contributed by atoms with van der Waals surface area (Å²) in [5.41, 5.74) is -0.659. The molecule has 3 rings (SSSR count). The van der Waals surface area contributed by atoms with Crippen LogP contribution in [0.2, 0.25) is 0 Å². The van der Waals surface area contributed by atoms with Crippen molar-refractivity contribution in [3.8, 4) is 0 Å². The van der Waals surface area contributed by atoms with Gasteiger partial charge in [0, 0.05) is 40.4 Å². The van der Waals surface area contributed by atoms with E-state index in [1.807, 2.05) is 32.6 Å². The van der Waals surface area contributed by atoms with Crippen molar-refractivity contribution in [2.45, 2.75) is 96.0 Å². The molecule has 0 aromatic carbocycles. The maximum absolute atomic E-state index is 14.0. The van der Waals surface area contributed by atoms with Crippen molar-refractivity contribution in [2.75, 3.05) is 47.0 Å². The van der Waals surface area contributed by atoms with Crippen LogP contribution >= 0.6 is 0 Å². The first-order valence-corrected chi connectivity index (χ1v) is 12.8. The minimum absolute atomic E-state index is 0.106. The van der Waals surface area contributed by atoms with E-state index in [-0.39, 0.29) is 36.2 Å². The van der Waals surface area contributed by atoms with Crippen LogP contribution in [0.3, 0.4) is 0 Å². The Morgan fingerprint density at radius 2 is 1.44 bits per heavy atom. The molecule has 1 unspecified atom stereocenters. The number of carbonyl (C=O) groups excluding carboxylic acids is 2. The van der Waals surface area contributed by atoms with Gasteiger partial charge in [0.2, 0.25) is 0 Å².